The summed E-state index contributed by atoms with van der Waals surface area (Å²) >= 11 is 0. The Labute approximate surface area is 154 Å². The van der Waals surface area contributed by atoms with E-state index >= 15 is 0 Å². The fourth-order valence-electron chi connectivity index (χ4n) is 3.87. The molecule has 1 N–H and O–H groups in total. The SMILES string of the molecule is O=C1N[C@H](CCC(=O)N2CC(c3ccc(C4(C(F)(F)F)CC4)cc3)C2)CO1. The lowest BCUT2D eigenvalue weighted by atomic mass is 9.88. The van der Waals surface area contributed by atoms with E-state index in [0.717, 1.165) is 5.56 Å². The summed E-state index contributed by atoms with van der Waals surface area (Å²) in [4.78, 5) is 24.9. The fraction of sp³-hybridized carbons (Fsp3) is 0.579. The van der Waals surface area contributed by atoms with E-state index in [9.17, 15) is 22.8 Å². The first-order valence-corrected chi connectivity index (χ1v) is 9.17. The van der Waals surface area contributed by atoms with Gasteiger partial charge in [-0.1, -0.05) is 24.3 Å². The maximum Gasteiger partial charge on any atom is 0.407 e. The van der Waals surface area contributed by atoms with Crippen molar-refractivity contribution >= 4 is 12.0 Å². The van der Waals surface area contributed by atoms with Crippen LogP contribution < -0.4 is 5.32 Å². The molecule has 27 heavy (non-hydrogen) atoms. The fourth-order valence-corrected chi connectivity index (χ4v) is 3.87. The van der Waals surface area contributed by atoms with Crippen LogP contribution in [0.25, 0.3) is 0 Å². The summed E-state index contributed by atoms with van der Waals surface area (Å²) in [5.41, 5.74) is -0.337. The number of likely N-dealkylation sites (tertiary alicyclic amines) is 1. The zero-order valence-electron chi connectivity index (χ0n) is 14.7. The predicted molar refractivity (Wildman–Crippen MR) is 90.2 cm³/mol. The summed E-state index contributed by atoms with van der Waals surface area (Å²) < 4.78 is 44.4. The molecular formula is C19H21F3N2O3. The molecule has 3 fully saturated rings. The van der Waals surface area contributed by atoms with Crippen molar-refractivity contribution in [1.82, 2.24) is 10.2 Å². The van der Waals surface area contributed by atoms with Gasteiger partial charge in [-0.05, 0) is 30.4 Å². The molecule has 2 heterocycles. The smallest absolute Gasteiger partial charge is 0.407 e. The van der Waals surface area contributed by atoms with Gasteiger partial charge in [0.2, 0.25) is 5.91 Å². The molecule has 3 aliphatic rings. The van der Waals surface area contributed by atoms with Crippen LogP contribution in [0.15, 0.2) is 24.3 Å². The van der Waals surface area contributed by atoms with Gasteiger partial charge >= 0.3 is 12.3 Å². The molecule has 0 spiro atoms. The van der Waals surface area contributed by atoms with Crippen molar-refractivity contribution in [3.05, 3.63) is 35.4 Å². The molecule has 1 aliphatic carbocycles. The van der Waals surface area contributed by atoms with Crippen LogP contribution in [-0.2, 0) is 14.9 Å². The van der Waals surface area contributed by atoms with Gasteiger partial charge in [0.25, 0.3) is 0 Å². The minimum Gasteiger partial charge on any atom is -0.447 e. The van der Waals surface area contributed by atoms with Crippen molar-refractivity contribution in [2.75, 3.05) is 19.7 Å². The van der Waals surface area contributed by atoms with Gasteiger partial charge in [0.15, 0.2) is 0 Å². The van der Waals surface area contributed by atoms with Crippen LogP contribution in [0.5, 0.6) is 0 Å². The Balaban J connectivity index is 1.27. The summed E-state index contributed by atoms with van der Waals surface area (Å²) in [7, 11) is 0. The van der Waals surface area contributed by atoms with Gasteiger partial charge in [-0.25, -0.2) is 4.79 Å². The van der Waals surface area contributed by atoms with E-state index in [4.69, 9.17) is 4.74 Å². The van der Waals surface area contributed by atoms with E-state index in [2.05, 4.69) is 5.32 Å². The largest absolute Gasteiger partial charge is 0.447 e. The molecule has 8 heteroatoms. The van der Waals surface area contributed by atoms with Crippen LogP contribution in [0.2, 0.25) is 0 Å². The van der Waals surface area contributed by atoms with Crippen molar-refractivity contribution in [2.45, 2.75) is 49.2 Å². The van der Waals surface area contributed by atoms with Gasteiger partial charge in [0.05, 0.1) is 11.5 Å². The Morgan fingerprint density at radius 1 is 1.22 bits per heavy atom. The second-order valence-electron chi connectivity index (χ2n) is 7.68. The van der Waals surface area contributed by atoms with E-state index < -0.39 is 17.7 Å². The topological polar surface area (TPSA) is 58.6 Å². The van der Waals surface area contributed by atoms with Crippen molar-refractivity contribution in [3.8, 4) is 0 Å². The van der Waals surface area contributed by atoms with Crippen molar-refractivity contribution in [3.63, 3.8) is 0 Å². The van der Waals surface area contributed by atoms with Gasteiger partial charge in [-0.15, -0.1) is 0 Å². The first kappa shape index (κ1) is 18.1. The number of hydrogen-bond donors (Lipinski definition) is 1. The maximum atomic E-state index is 13.2. The number of carbonyl (C=O) groups is 2. The molecule has 4 rings (SSSR count). The summed E-state index contributed by atoms with van der Waals surface area (Å²) in [6, 6.07) is 6.58. The molecule has 2 saturated heterocycles. The van der Waals surface area contributed by atoms with E-state index in [1.54, 1.807) is 29.2 Å². The number of nitrogens with zero attached hydrogens (tertiary/aromatic N) is 1. The highest BCUT2D eigenvalue weighted by molar-refractivity contribution is 5.77. The normalized spacial score (nSPS) is 24.2. The van der Waals surface area contributed by atoms with Crippen LogP contribution in [0, 0.1) is 0 Å². The van der Waals surface area contributed by atoms with Crippen LogP contribution >= 0.6 is 0 Å². The molecule has 5 nitrogen and oxygen atoms in total. The number of rotatable bonds is 5. The lowest BCUT2D eigenvalue weighted by molar-refractivity contribution is -0.160. The number of halogens is 3. The molecule has 146 valence electrons. The summed E-state index contributed by atoms with van der Waals surface area (Å²) in [6.45, 7) is 1.45. The summed E-state index contributed by atoms with van der Waals surface area (Å²) in [5.74, 6) is 0.191. The van der Waals surface area contributed by atoms with E-state index in [-0.39, 0.29) is 30.7 Å². The van der Waals surface area contributed by atoms with E-state index in [1.165, 1.54) is 0 Å². The van der Waals surface area contributed by atoms with Crippen molar-refractivity contribution < 1.29 is 27.5 Å². The van der Waals surface area contributed by atoms with Gasteiger partial charge in [-0.2, -0.15) is 13.2 Å². The van der Waals surface area contributed by atoms with Crippen LogP contribution in [-0.4, -0.2) is 48.8 Å². The quantitative estimate of drug-likeness (QED) is 0.852. The Morgan fingerprint density at radius 3 is 2.41 bits per heavy atom. The first-order valence-electron chi connectivity index (χ1n) is 9.17. The van der Waals surface area contributed by atoms with Gasteiger partial charge in [0, 0.05) is 25.4 Å². The number of nitrogens with one attached hydrogen (secondary N) is 1. The highest BCUT2D eigenvalue weighted by Crippen LogP contribution is 2.58. The third-order valence-corrected chi connectivity index (χ3v) is 5.91. The summed E-state index contributed by atoms with van der Waals surface area (Å²) in [5, 5.41) is 2.64. The minimum atomic E-state index is -4.20. The third-order valence-electron chi connectivity index (χ3n) is 5.91. The number of benzene rings is 1. The Hall–Kier alpha value is -2.25. The Kier molecular flexibility index (Phi) is 4.31. The van der Waals surface area contributed by atoms with Crippen LogP contribution in [0.4, 0.5) is 18.0 Å². The van der Waals surface area contributed by atoms with Gasteiger partial charge in [-0.3, -0.25) is 4.79 Å². The lowest BCUT2D eigenvalue weighted by Gasteiger charge is -2.40. The number of ether oxygens (including phenoxy) is 1. The van der Waals surface area contributed by atoms with Crippen molar-refractivity contribution in [1.29, 1.82) is 0 Å². The monoisotopic (exact) mass is 382 g/mol. The van der Waals surface area contributed by atoms with Gasteiger partial charge < -0.3 is 15.0 Å². The van der Waals surface area contributed by atoms with Crippen molar-refractivity contribution in [2.24, 2.45) is 0 Å². The highest BCUT2D eigenvalue weighted by atomic mass is 19.4. The standard InChI is InChI=1S/C19H21F3N2O3/c20-19(21,22)18(7-8-18)14-3-1-12(2-4-14)13-9-24(10-13)16(25)6-5-15-11-27-17(26)23-15/h1-4,13,15H,5-11H2,(H,23,26)/t15-/m1/s1. The average Bonchev–Trinajstić information content (AvgIpc) is 3.30. The number of hydrogen-bond acceptors (Lipinski definition) is 3. The third kappa shape index (κ3) is 3.37. The number of carbonyl (C=O) groups excluding carboxylic acids is 2. The Bertz CT molecular complexity index is 738. The maximum absolute atomic E-state index is 13.2. The first-order chi connectivity index (χ1) is 12.8. The molecule has 0 unspecified atom stereocenters. The molecule has 1 atom stereocenters. The predicted octanol–water partition coefficient (Wildman–Crippen LogP) is 3.09. The molecule has 0 bridgehead atoms. The number of cyclic esters (lactones) is 1. The molecule has 1 aromatic carbocycles. The molecule has 0 radical (unpaired) electrons. The molecule has 2 amide bonds. The average molecular weight is 382 g/mol. The molecule has 1 aromatic rings. The van der Waals surface area contributed by atoms with Crippen LogP contribution in [0.1, 0.15) is 42.7 Å². The summed E-state index contributed by atoms with van der Waals surface area (Å²) in [6.07, 6.45) is -3.44. The molecular weight excluding hydrogens is 361 g/mol. The molecule has 1 saturated carbocycles. The number of amides is 2. The Morgan fingerprint density at radius 2 is 1.89 bits per heavy atom. The zero-order chi connectivity index (χ0) is 19.2. The second kappa shape index (κ2) is 6.42. The molecule has 2 aliphatic heterocycles. The van der Waals surface area contributed by atoms with E-state index in [0.29, 0.717) is 38.1 Å². The number of alkyl halides is 3. The lowest BCUT2D eigenvalue weighted by Crippen LogP contribution is -2.48. The highest BCUT2D eigenvalue weighted by Gasteiger charge is 2.64. The van der Waals surface area contributed by atoms with Gasteiger partial charge in [0.1, 0.15) is 6.61 Å². The van der Waals surface area contributed by atoms with E-state index in [1.807, 2.05) is 0 Å². The minimum absolute atomic E-state index is 0.0259. The molecule has 0 aromatic heterocycles. The zero-order valence-corrected chi connectivity index (χ0v) is 14.7. The van der Waals surface area contributed by atoms with Crippen LogP contribution in [0.3, 0.4) is 0 Å². The second-order valence-corrected chi connectivity index (χ2v) is 7.68. The number of alkyl carbamates (subject to hydrolysis) is 1.